The summed E-state index contributed by atoms with van der Waals surface area (Å²) in [6.07, 6.45) is 4.57. The summed E-state index contributed by atoms with van der Waals surface area (Å²) >= 11 is 0. The number of aromatic nitrogens is 2. The van der Waals surface area contributed by atoms with E-state index in [2.05, 4.69) is 23.1 Å². The molecular formula is C16H27N3O2. The summed E-state index contributed by atoms with van der Waals surface area (Å²) < 4.78 is 13.1. The first-order chi connectivity index (χ1) is 10.3. The normalized spacial score (nSPS) is 24.2. The molecule has 2 aliphatic heterocycles. The van der Waals surface area contributed by atoms with Gasteiger partial charge in [-0.1, -0.05) is 0 Å². The summed E-state index contributed by atoms with van der Waals surface area (Å²) in [4.78, 5) is 2.59. The lowest BCUT2D eigenvalue weighted by molar-refractivity contribution is 0.0444. The Morgan fingerprint density at radius 2 is 2.19 bits per heavy atom. The molecule has 5 heteroatoms. The van der Waals surface area contributed by atoms with Gasteiger partial charge in [0.2, 0.25) is 0 Å². The monoisotopic (exact) mass is 293 g/mol. The van der Waals surface area contributed by atoms with E-state index in [1.54, 1.807) is 0 Å². The van der Waals surface area contributed by atoms with Crippen LogP contribution in [0.1, 0.15) is 36.9 Å². The number of hydrogen-bond donors (Lipinski definition) is 0. The topological polar surface area (TPSA) is 39.5 Å². The number of ether oxygens (including phenoxy) is 2. The smallest absolute Gasteiger partial charge is 0.0736 e. The SMILES string of the molecule is CCOC[C@@H]1CN(CC2CCOCC2)Cc2cn(C)nc21. The Bertz CT molecular complexity index is 454. The van der Waals surface area contributed by atoms with Crippen molar-refractivity contribution in [3.63, 3.8) is 0 Å². The zero-order valence-electron chi connectivity index (χ0n) is 13.3. The van der Waals surface area contributed by atoms with Gasteiger partial charge in [-0.05, 0) is 25.7 Å². The molecule has 0 amide bonds. The number of fused-ring (bicyclic) bond motifs is 1. The summed E-state index contributed by atoms with van der Waals surface area (Å²) in [5.41, 5.74) is 2.62. The standard InChI is InChI=1S/C16H27N3O2/c1-3-20-12-15-11-19(8-13-4-6-21-7-5-13)10-14-9-18(2)17-16(14)15/h9,13,15H,3-8,10-12H2,1-2H3/t15-/m0/s1. The van der Waals surface area contributed by atoms with Crippen molar-refractivity contribution >= 4 is 0 Å². The predicted molar refractivity (Wildman–Crippen MR) is 81.3 cm³/mol. The fourth-order valence-electron chi connectivity index (χ4n) is 3.55. The van der Waals surface area contributed by atoms with Crippen molar-refractivity contribution < 1.29 is 9.47 Å². The molecule has 2 aliphatic rings. The molecule has 3 rings (SSSR count). The van der Waals surface area contributed by atoms with Crippen LogP contribution in [0.15, 0.2) is 6.20 Å². The highest BCUT2D eigenvalue weighted by molar-refractivity contribution is 5.24. The maximum Gasteiger partial charge on any atom is 0.0736 e. The van der Waals surface area contributed by atoms with Crippen LogP contribution < -0.4 is 0 Å². The van der Waals surface area contributed by atoms with Crippen molar-refractivity contribution in [1.29, 1.82) is 0 Å². The first-order valence-electron chi connectivity index (χ1n) is 8.16. The lowest BCUT2D eigenvalue weighted by Crippen LogP contribution is -2.39. The second kappa shape index (κ2) is 6.90. The fraction of sp³-hybridized carbons (Fsp3) is 0.812. The van der Waals surface area contributed by atoms with Gasteiger partial charge in [0.05, 0.1) is 12.3 Å². The molecule has 0 aliphatic carbocycles. The Morgan fingerprint density at radius 1 is 1.38 bits per heavy atom. The molecule has 0 saturated carbocycles. The van der Waals surface area contributed by atoms with Crippen LogP contribution in [-0.4, -0.2) is 54.2 Å². The molecule has 0 spiro atoms. The number of rotatable bonds is 5. The quantitative estimate of drug-likeness (QED) is 0.829. The van der Waals surface area contributed by atoms with E-state index in [1.165, 1.54) is 30.6 Å². The van der Waals surface area contributed by atoms with E-state index in [0.717, 1.165) is 45.4 Å². The molecule has 1 aromatic heterocycles. The van der Waals surface area contributed by atoms with Crippen molar-refractivity contribution in [3.8, 4) is 0 Å². The van der Waals surface area contributed by atoms with Gasteiger partial charge in [-0.25, -0.2) is 0 Å². The molecule has 1 aromatic rings. The third kappa shape index (κ3) is 3.65. The van der Waals surface area contributed by atoms with Gasteiger partial charge in [-0.3, -0.25) is 9.58 Å². The molecule has 1 saturated heterocycles. The summed E-state index contributed by atoms with van der Waals surface area (Å²) in [5.74, 6) is 1.19. The summed E-state index contributed by atoms with van der Waals surface area (Å²) in [7, 11) is 2.01. The third-order valence-corrected chi connectivity index (χ3v) is 4.58. The van der Waals surface area contributed by atoms with Crippen molar-refractivity contribution in [1.82, 2.24) is 14.7 Å². The lowest BCUT2D eigenvalue weighted by Gasteiger charge is -2.35. The van der Waals surface area contributed by atoms with Crippen LogP contribution in [0.25, 0.3) is 0 Å². The summed E-state index contributed by atoms with van der Waals surface area (Å²) in [6.45, 7) is 8.76. The Balaban J connectivity index is 1.67. The van der Waals surface area contributed by atoms with Crippen LogP contribution in [0.3, 0.4) is 0 Å². The molecule has 0 radical (unpaired) electrons. The van der Waals surface area contributed by atoms with Crippen LogP contribution >= 0.6 is 0 Å². The van der Waals surface area contributed by atoms with Gasteiger partial charge in [0.15, 0.2) is 0 Å². The van der Waals surface area contributed by atoms with Gasteiger partial charge in [-0.15, -0.1) is 0 Å². The zero-order valence-corrected chi connectivity index (χ0v) is 13.3. The minimum Gasteiger partial charge on any atom is -0.381 e. The van der Waals surface area contributed by atoms with Crippen molar-refractivity contribution in [3.05, 3.63) is 17.5 Å². The molecule has 118 valence electrons. The van der Waals surface area contributed by atoms with E-state index >= 15 is 0 Å². The van der Waals surface area contributed by atoms with Crippen LogP contribution in [0.5, 0.6) is 0 Å². The zero-order chi connectivity index (χ0) is 14.7. The molecule has 5 nitrogen and oxygen atoms in total. The highest BCUT2D eigenvalue weighted by atomic mass is 16.5. The second-order valence-electron chi connectivity index (χ2n) is 6.32. The second-order valence-corrected chi connectivity index (χ2v) is 6.32. The van der Waals surface area contributed by atoms with E-state index in [1.807, 2.05) is 11.7 Å². The Hall–Kier alpha value is -0.910. The van der Waals surface area contributed by atoms with Gasteiger partial charge in [0.25, 0.3) is 0 Å². The first-order valence-corrected chi connectivity index (χ1v) is 8.16. The van der Waals surface area contributed by atoms with Crippen LogP contribution in [-0.2, 0) is 23.1 Å². The van der Waals surface area contributed by atoms with E-state index in [0.29, 0.717) is 5.92 Å². The minimum atomic E-state index is 0.412. The van der Waals surface area contributed by atoms with Crippen LogP contribution in [0.2, 0.25) is 0 Å². The van der Waals surface area contributed by atoms with Gasteiger partial charge >= 0.3 is 0 Å². The van der Waals surface area contributed by atoms with Gasteiger partial charge in [-0.2, -0.15) is 5.10 Å². The average molecular weight is 293 g/mol. The molecule has 0 aromatic carbocycles. The first kappa shape index (κ1) is 15.0. The summed E-state index contributed by atoms with van der Waals surface area (Å²) in [5, 5.41) is 4.66. The van der Waals surface area contributed by atoms with Crippen LogP contribution in [0.4, 0.5) is 0 Å². The molecule has 0 unspecified atom stereocenters. The molecule has 1 fully saturated rings. The van der Waals surface area contributed by atoms with Crippen molar-refractivity contribution in [2.24, 2.45) is 13.0 Å². The molecule has 0 N–H and O–H groups in total. The number of nitrogens with zero attached hydrogens (tertiary/aromatic N) is 3. The Kier molecular flexibility index (Phi) is 4.93. The highest BCUT2D eigenvalue weighted by Crippen LogP contribution is 2.29. The average Bonchev–Trinajstić information content (AvgIpc) is 2.86. The maximum atomic E-state index is 5.68. The van der Waals surface area contributed by atoms with E-state index in [9.17, 15) is 0 Å². The lowest BCUT2D eigenvalue weighted by atomic mass is 9.94. The maximum absolute atomic E-state index is 5.68. The van der Waals surface area contributed by atoms with E-state index in [-0.39, 0.29) is 0 Å². The van der Waals surface area contributed by atoms with Gasteiger partial charge in [0.1, 0.15) is 0 Å². The van der Waals surface area contributed by atoms with Crippen molar-refractivity contribution in [2.75, 3.05) is 39.5 Å². The van der Waals surface area contributed by atoms with E-state index in [4.69, 9.17) is 9.47 Å². The molecule has 3 heterocycles. The van der Waals surface area contributed by atoms with Crippen LogP contribution in [0, 0.1) is 5.92 Å². The highest BCUT2D eigenvalue weighted by Gasteiger charge is 2.29. The molecule has 21 heavy (non-hydrogen) atoms. The van der Waals surface area contributed by atoms with Gasteiger partial charge < -0.3 is 9.47 Å². The Labute approximate surface area is 127 Å². The Morgan fingerprint density at radius 3 is 2.95 bits per heavy atom. The van der Waals surface area contributed by atoms with Gasteiger partial charge in [0, 0.05) is 64.2 Å². The third-order valence-electron chi connectivity index (χ3n) is 4.58. The summed E-state index contributed by atoms with van der Waals surface area (Å²) in [6, 6.07) is 0. The molecule has 0 bridgehead atoms. The molecular weight excluding hydrogens is 266 g/mol. The largest absolute Gasteiger partial charge is 0.381 e. The predicted octanol–water partition coefficient (Wildman–Crippen LogP) is 1.78. The number of hydrogen-bond acceptors (Lipinski definition) is 4. The van der Waals surface area contributed by atoms with E-state index < -0.39 is 0 Å². The minimum absolute atomic E-state index is 0.412. The molecule has 1 atom stereocenters. The fourth-order valence-corrected chi connectivity index (χ4v) is 3.55. The number of aryl methyl sites for hydroxylation is 1. The van der Waals surface area contributed by atoms with Crippen molar-refractivity contribution in [2.45, 2.75) is 32.2 Å².